The van der Waals surface area contributed by atoms with Crippen molar-refractivity contribution >= 4 is 5.91 Å². The minimum atomic E-state index is 0.0842. The number of nitrogens with two attached hydrogens (primary N) is 1. The molecule has 0 saturated heterocycles. The smallest absolute Gasteiger partial charge is 0.236 e. The lowest BCUT2D eigenvalue weighted by molar-refractivity contribution is -0.131. The summed E-state index contributed by atoms with van der Waals surface area (Å²) in [6.45, 7) is 2.42. The van der Waals surface area contributed by atoms with E-state index in [2.05, 4.69) is 0 Å². The van der Waals surface area contributed by atoms with Crippen molar-refractivity contribution in [2.75, 3.05) is 33.7 Å². The van der Waals surface area contributed by atoms with E-state index < -0.39 is 0 Å². The Morgan fingerprint density at radius 2 is 2.24 bits per heavy atom. The van der Waals surface area contributed by atoms with E-state index in [9.17, 15) is 4.79 Å². The number of nitrogens with zero attached hydrogens (tertiary/aromatic N) is 2. The Hall–Kier alpha value is -1.33. The average molecular weight is 239 g/mol. The van der Waals surface area contributed by atoms with Gasteiger partial charge in [0.05, 0.1) is 19.4 Å². The van der Waals surface area contributed by atoms with E-state index in [-0.39, 0.29) is 5.91 Å². The topological polar surface area (TPSA) is 62.7 Å². The molecule has 0 radical (unpaired) electrons. The van der Waals surface area contributed by atoms with Gasteiger partial charge in [0.1, 0.15) is 5.76 Å². The standard InChI is InChI=1S/C12H21N3O2/c1-14(7-4-6-13)10-12(16)15(2)9-11-5-3-8-17-11/h3,5,8H,4,6-7,9-10,13H2,1-2H3. The van der Waals surface area contributed by atoms with Gasteiger partial charge in [-0.1, -0.05) is 0 Å². The summed E-state index contributed by atoms with van der Waals surface area (Å²) in [7, 11) is 3.70. The second-order valence-electron chi connectivity index (χ2n) is 4.21. The van der Waals surface area contributed by atoms with Crippen LogP contribution in [-0.4, -0.2) is 49.4 Å². The molecule has 17 heavy (non-hydrogen) atoms. The van der Waals surface area contributed by atoms with E-state index in [1.165, 1.54) is 0 Å². The van der Waals surface area contributed by atoms with E-state index in [1.807, 2.05) is 24.1 Å². The molecule has 2 N–H and O–H groups in total. The van der Waals surface area contributed by atoms with Crippen LogP contribution < -0.4 is 5.73 Å². The zero-order valence-electron chi connectivity index (χ0n) is 10.6. The maximum absolute atomic E-state index is 11.9. The van der Waals surface area contributed by atoms with Crippen LogP contribution in [0, 0.1) is 0 Å². The van der Waals surface area contributed by atoms with Crippen LogP contribution in [0.25, 0.3) is 0 Å². The summed E-state index contributed by atoms with van der Waals surface area (Å²) in [5, 5.41) is 0. The van der Waals surface area contributed by atoms with Crippen molar-refractivity contribution in [1.29, 1.82) is 0 Å². The van der Waals surface area contributed by atoms with Gasteiger partial charge in [0.15, 0.2) is 0 Å². The van der Waals surface area contributed by atoms with Crippen molar-refractivity contribution in [2.45, 2.75) is 13.0 Å². The van der Waals surface area contributed by atoms with Gasteiger partial charge in [0, 0.05) is 7.05 Å². The molecule has 0 unspecified atom stereocenters. The first-order valence-corrected chi connectivity index (χ1v) is 5.78. The number of likely N-dealkylation sites (N-methyl/N-ethyl adjacent to an activating group) is 2. The number of hydrogen-bond donors (Lipinski definition) is 1. The third-order valence-corrected chi connectivity index (χ3v) is 2.55. The fourth-order valence-electron chi connectivity index (χ4n) is 1.52. The molecule has 5 nitrogen and oxygen atoms in total. The molecule has 0 fully saturated rings. The van der Waals surface area contributed by atoms with Crippen LogP contribution in [-0.2, 0) is 11.3 Å². The monoisotopic (exact) mass is 239 g/mol. The Morgan fingerprint density at radius 1 is 1.47 bits per heavy atom. The Balaban J connectivity index is 2.31. The van der Waals surface area contributed by atoms with Crippen molar-refractivity contribution in [2.24, 2.45) is 5.73 Å². The Labute approximate surface area is 102 Å². The normalized spacial score (nSPS) is 10.8. The van der Waals surface area contributed by atoms with Crippen molar-refractivity contribution in [3.8, 4) is 0 Å². The predicted molar refractivity (Wildman–Crippen MR) is 66.4 cm³/mol. The molecule has 1 aromatic heterocycles. The zero-order chi connectivity index (χ0) is 12.7. The van der Waals surface area contributed by atoms with Crippen LogP contribution in [0.1, 0.15) is 12.2 Å². The van der Waals surface area contributed by atoms with E-state index >= 15 is 0 Å². The first-order valence-electron chi connectivity index (χ1n) is 5.78. The predicted octanol–water partition coefficient (Wildman–Crippen LogP) is 0.519. The minimum absolute atomic E-state index is 0.0842. The first-order chi connectivity index (χ1) is 8.13. The van der Waals surface area contributed by atoms with Gasteiger partial charge >= 0.3 is 0 Å². The highest BCUT2D eigenvalue weighted by atomic mass is 16.3. The van der Waals surface area contributed by atoms with Gasteiger partial charge in [-0.05, 0) is 38.7 Å². The molecule has 0 atom stereocenters. The maximum Gasteiger partial charge on any atom is 0.236 e. The lowest BCUT2D eigenvalue weighted by Crippen LogP contribution is -2.36. The van der Waals surface area contributed by atoms with Gasteiger partial charge in [0.25, 0.3) is 0 Å². The average Bonchev–Trinajstić information content (AvgIpc) is 2.78. The number of furan rings is 1. The quantitative estimate of drug-likeness (QED) is 0.753. The Kier molecular flexibility index (Phi) is 5.72. The molecule has 5 heteroatoms. The lowest BCUT2D eigenvalue weighted by atomic mass is 10.3. The summed E-state index contributed by atoms with van der Waals surface area (Å²) in [6, 6.07) is 3.68. The molecule has 1 amide bonds. The van der Waals surface area contributed by atoms with E-state index in [0.717, 1.165) is 18.7 Å². The van der Waals surface area contributed by atoms with Gasteiger partial charge in [-0.2, -0.15) is 0 Å². The van der Waals surface area contributed by atoms with Crippen LogP contribution in [0.15, 0.2) is 22.8 Å². The SMILES string of the molecule is CN(CCCN)CC(=O)N(C)Cc1ccco1. The lowest BCUT2D eigenvalue weighted by Gasteiger charge is -2.20. The van der Waals surface area contributed by atoms with E-state index in [4.69, 9.17) is 10.2 Å². The number of rotatable bonds is 7. The fraction of sp³-hybridized carbons (Fsp3) is 0.583. The molecular weight excluding hydrogens is 218 g/mol. The largest absolute Gasteiger partial charge is 0.467 e. The van der Waals surface area contributed by atoms with E-state index in [0.29, 0.717) is 19.6 Å². The molecule has 0 aliphatic heterocycles. The van der Waals surface area contributed by atoms with Crippen LogP contribution in [0.2, 0.25) is 0 Å². The third kappa shape index (κ3) is 5.01. The first kappa shape index (κ1) is 13.7. The van der Waals surface area contributed by atoms with Crippen molar-refractivity contribution in [3.05, 3.63) is 24.2 Å². The molecule has 1 heterocycles. The second kappa shape index (κ2) is 7.09. The van der Waals surface area contributed by atoms with Gasteiger partial charge in [-0.3, -0.25) is 9.69 Å². The molecule has 0 aliphatic rings. The number of carbonyl (C=O) groups excluding carboxylic acids is 1. The van der Waals surface area contributed by atoms with Crippen LogP contribution in [0.3, 0.4) is 0 Å². The van der Waals surface area contributed by atoms with Gasteiger partial charge in [0.2, 0.25) is 5.91 Å². The van der Waals surface area contributed by atoms with Crippen molar-refractivity contribution in [3.63, 3.8) is 0 Å². The molecule has 1 rings (SSSR count). The van der Waals surface area contributed by atoms with Gasteiger partial charge < -0.3 is 15.1 Å². The summed E-state index contributed by atoms with van der Waals surface area (Å²) >= 11 is 0. The van der Waals surface area contributed by atoms with Crippen molar-refractivity contribution < 1.29 is 9.21 Å². The number of amides is 1. The molecule has 0 aromatic carbocycles. The third-order valence-electron chi connectivity index (χ3n) is 2.55. The van der Waals surface area contributed by atoms with Crippen LogP contribution in [0.5, 0.6) is 0 Å². The van der Waals surface area contributed by atoms with Gasteiger partial charge in [-0.25, -0.2) is 0 Å². The summed E-state index contributed by atoms with van der Waals surface area (Å²) in [4.78, 5) is 15.5. The zero-order valence-corrected chi connectivity index (χ0v) is 10.6. The second-order valence-corrected chi connectivity index (χ2v) is 4.21. The van der Waals surface area contributed by atoms with E-state index in [1.54, 1.807) is 18.2 Å². The highest BCUT2D eigenvalue weighted by Crippen LogP contribution is 2.04. The summed E-state index contributed by atoms with van der Waals surface area (Å²) in [5.74, 6) is 0.881. The molecule has 0 bridgehead atoms. The minimum Gasteiger partial charge on any atom is -0.467 e. The molecular formula is C12H21N3O2. The number of carbonyl (C=O) groups is 1. The molecule has 0 saturated carbocycles. The molecule has 0 spiro atoms. The Bertz CT molecular complexity index is 325. The maximum atomic E-state index is 11.9. The molecule has 0 aliphatic carbocycles. The Morgan fingerprint density at radius 3 is 2.82 bits per heavy atom. The summed E-state index contributed by atoms with van der Waals surface area (Å²) in [6.07, 6.45) is 2.52. The van der Waals surface area contributed by atoms with Crippen molar-refractivity contribution in [1.82, 2.24) is 9.80 Å². The molecule has 1 aromatic rings. The van der Waals surface area contributed by atoms with Crippen LogP contribution >= 0.6 is 0 Å². The fourth-order valence-corrected chi connectivity index (χ4v) is 1.52. The highest BCUT2D eigenvalue weighted by molar-refractivity contribution is 5.77. The van der Waals surface area contributed by atoms with Crippen LogP contribution in [0.4, 0.5) is 0 Å². The number of hydrogen-bond acceptors (Lipinski definition) is 4. The van der Waals surface area contributed by atoms with Gasteiger partial charge in [-0.15, -0.1) is 0 Å². The highest BCUT2D eigenvalue weighted by Gasteiger charge is 2.12. The summed E-state index contributed by atoms with van der Waals surface area (Å²) < 4.78 is 5.20. The molecule has 96 valence electrons. The summed E-state index contributed by atoms with van der Waals surface area (Å²) in [5.41, 5.74) is 5.42.